The van der Waals surface area contributed by atoms with Gasteiger partial charge in [-0.15, -0.1) is 0 Å². The fourth-order valence-electron chi connectivity index (χ4n) is 1.91. The maximum absolute atomic E-state index is 11.1. The van der Waals surface area contributed by atoms with E-state index in [0.29, 0.717) is 23.6 Å². The molecule has 1 aromatic heterocycles. The predicted octanol–water partition coefficient (Wildman–Crippen LogP) is 2.40. The third kappa shape index (κ3) is 2.48. The lowest BCUT2D eigenvalue weighted by atomic mass is 10.2. The molecular weight excluding hydrogens is 262 g/mol. The van der Waals surface area contributed by atoms with Crippen molar-refractivity contribution in [2.45, 2.75) is 27.0 Å². The molecular formula is C13H15N3O4. The van der Waals surface area contributed by atoms with Crippen LogP contribution in [0, 0.1) is 17.0 Å². The van der Waals surface area contributed by atoms with Crippen molar-refractivity contribution in [2.24, 2.45) is 0 Å². The Hall–Kier alpha value is -2.41. The number of ether oxygens (including phenoxy) is 1. The van der Waals surface area contributed by atoms with Crippen LogP contribution in [0.4, 0.5) is 5.69 Å². The third-order valence-electron chi connectivity index (χ3n) is 2.88. The van der Waals surface area contributed by atoms with E-state index in [9.17, 15) is 15.2 Å². The van der Waals surface area contributed by atoms with Gasteiger partial charge in [-0.05, 0) is 19.9 Å². The lowest BCUT2D eigenvalue weighted by Gasteiger charge is -2.09. The molecule has 0 saturated carbocycles. The van der Waals surface area contributed by atoms with Gasteiger partial charge in [0.1, 0.15) is 11.4 Å². The zero-order valence-corrected chi connectivity index (χ0v) is 11.2. The van der Waals surface area contributed by atoms with Crippen LogP contribution in [0.2, 0.25) is 0 Å². The Labute approximate surface area is 115 Å². The van der Waals surface area contributed by atoms with E-state index in [0.717, 1.165) is 0 Å². The first-order valence-corrected chi connectivity index (χ1v) is 6.16. The number of hydrogen-bond donors (Lipinski definition) is 1. The molecule has 0 atom stereocenters. The number of hydrogen-bond acceptors (Lipinski definition) is 5. The molecule has 0 fully saturated rings. The molecule has 0 spiro atoms. The summed E-state index contributed by atoms with van der Waals surface area (Å²) in [5.74, 6) is 0.462. The van der Waals surface area contributed by atoms with Crippen LogP contribution in [0.3, 0.4) is 0 Å². The number of aliphatic hydroxyl groups is 1. The molecule has 106 valence electrons. The average Bonchev–Trinajstić information content (AvgIpc) is 2.75. The average molecular weight is 277 g/mol. The van der Waals surface area contributed by atoms with Crippen LogP contribution in [-0.2, 0) is 13.2 Å². The van der Waals surface area contributed by atoms with Crippen LogP contribution in [0.1, 0.15) is 18.2 Å². The number of benzene rings is 1. The second-order valence-corrected chi connectivity index (χ2v) is 4.18. The molecule has 0 bridgehead atoms. The van der Waals surface area contributed by atoms with Gasteiger partial charge in [0.15, 0.2) is 0 Å². The summed E-state index contributed by atoms with van der Waals surface area (Å²) in [5.41, 5.74) is 0.705. The van der Waals surface area contributed by atoms with Gasteiger partial charge in [-0.1, -0.05) is 18.2 Å². The first-order chi connectivity index (χ1) is 9.58. The molecule has 0 amide bonds. The van der Waals surface area contributed by atoms with E-state index in [4.69, 9.17) is 4.74 Å². The minimum atomic E-state index is -0.509. The van der Waals surface area contributed by atoms with Crippen LogP contribution in [-0.4, -0.2) is 19.8 Å². The number of aliphatic hydroxyl groups excluding tert-OH is 1. The van der Waals surface area contributed by atoms with E-state index in [2.05, 4.69) is 5.10 Å². The molecule has 0 aliphatic heterocycles. The molecule has 7 heteroatoms. The number of para-hydroxylation sites is 1. The van der Waals surface area contributed by atoms with Gasteiger partial charge in [-0.3, -0.25) is 10.1 Å². The quantitative estimate of drug-likeness (QED) is 0.669. The number of aryl methyl sites for hydroxylation is 2. The van der Waals surface area contributed by atoms with Crippen molar-refractivity contribution in [3.05, 3.63) is 45.6 Å². The van der Waals surface area contributed by atoms with Gasteiger partial charge in [-0.2, -0.15) is 5.10 Å². The van der Waals surface area contributed by atoms with Gasteiger partial charge in [0.2, 0.25) is 0 Å². The Kier molecular flexibility index (Phi) is 3.99. The Morgan fingerprint density at radius 3 is 2.75 bits per heavy atom. The second-order valence-electron chi connectivity index (χ2n) is 4.18. The van der Waals surface area contributed by atoms with Gasteiger partial charge >= 0.3 is 5.69 Å². The summed E-state index contributed by atoms with van der Waals surface area (Å²) in [5, 5.41) is 24.5. The van der Waals surface area contributed by atoms with E-state index in [-0.39, 0.29) is 18.2 Å². The molecule has 0 aliphatic rings. The summed E-state index contributed by atoms with van der Waals surface area (Å²) in [4.78, 5) is 10.6. The highest BCUT2D eigenvalue weighted by molar-refractivity contribution is 5.48. The molecule has 20 heavy (non-hydrogen) atoms. The molecule has 0 aliphatic carbocycles. The monoisotopic (exact) mass is 277 g/mol. The highest BCUT2D eigenvalue weighted by Crippen LogP contribution is 2.35. The Balaban J connectivity index is 2.49. The van der Waals surface area contributed by atoms with Crippen molar-refractivity contribution < 1.29 is 14.8 Å². The van der Waals surface area contributed by atoms with Crippen molar-refractivity contribution in [3.8, 4) is 11.6 Å². The molecule has 1 aromatic carbocycles. The number of nitro groups is 1. The fraction of sp³-hybridized carbons (Fsp3) is 0.308. The number of aromatic nitrogens is 2. The molecule has 2 aromatic rings. The summed E-state index contributed by atoms with van der Waals surface area (Å²) in [6.45, 7) is 3.63. The summed E-state index contributed by atoms with van der Waals surface area (Å²) >= 11 is 0. The van der Waals surface area contributed by atoms with Crippen molar-refractivity contribution in [2.75, 3.05) is 0 Å². The Bertz CT molecular complexity index is 637. The minimum Gasteiger partial charge on any atom is -0.433 e. The van der Waals surface area contributed by atoms with Gasteiger partial charge in [0.25, 0.3) is 5.88 Å². The summed E-state index contributed by atoms with van der Waals surface area (Å²) in [6, 6.07) is 6.84. The van der Waals surface area contributed by atoms with E-state index in [1.807, 2.05) is 6.92 Å². The predicted molar refractivity (Wildman–Crippen MR) is 71.7 cm³/mol. The molecule has 2 rings (SSSR count). The maximum Gasteiger partial charge on any atom is 0.353 e. The standard InChI is InChI=1S/C13H15N3O4/c1-3-15-13(12(16(18)19)9(2)14-15)20-11-7-5-4-6-10(11)8-17/h4-7,17H,3,8H2,1-2H3. The van der Waals surface area contributed by atoms with Crippen LogP contribution < -0.4 is 4.74 Å². The summed E-state index contributed by atoms with van der Waals surface area (Å²) in [7, 11) is 0. The summed E-state index contributed by atoms with van der Waals surface area (Å²) in [6.07, 6.45) is 0. The van der Waals surface area contributed by atoms with Gasteiger partial charge in [-0.25, -0.2) is 4.68 Å². The van der Waals surface area contributed by atoms with E-state index in [1.54, 1.807) is 31.2 Å². The topological polar surface area (TPSA) is 90.4 Å². The maximum atomic E-state index is 11.1. The SMILES string of the molecule is CCn1nc(C)c([N+](=O)[O-])c1Oc1ccccc1CO. The lowest BCUT2D eigenvalue weighted by Crippen LogP contribution is -2.02. The van der Waals surface area contributed by atoms with Crippen molar-refractivity contribution in [1.29, 1.82) is 0 Å². The first-order valence-electron chi connectivity index (χ1n) is 6.16. The van der Waals surface area contributed by atoms with Gasteiger partial charge in [0.05, 0.1) is 11.5 Å². The highest BCUT2D eigenvalue weighted by Gasteiger charge is 2.27. The van der Waals surface area contributed by atoms with Crippen molar-refractivity contribution in [1.82, 2.24) is 9.78 Å². The second kappa shape index (κ2) is 5.70. The summed E-state index contributed by atoms with van der Waals surface area (Å²) < 4.78 is 7.07. The highest BCUT2D eigenvalue weighted by atomic mass is 16.6. The molecule has 1 heterocycles. The van der Waals surface area contributed by atoms with Crippen LogP contribution in [0.25, 0.3) is 0 Å². The van der Waals surface area contributed by atoms with E-state index >= 15 is 0 Å². The zero-order valence-electron chi connectivity index (χ0n) is 11.2. The van der Waals surface area contributed by atoms with E-state index in [1.165, 1.54) is 4.68 Å². The van der Waals surface area contributed by atoms with Gasteiger partial charge < -0.3 is 9.84 Å². The molecule has 0 radical (unpaired) electrons. The van der Waals surface area contributed by atoms with Crippen molar-refractivity contribution >= 4 is 5.69 Å². The lowest BCUT2D eigenvalue weighted by molar-refractivity contribution is -0.386. The zero-order chi connectivity index (χ0) is 14.7. The van der Waals surface area contributed by atoms with Crippen LogP contribution in [0.5, 0.6) is 11.6 Å². The largest absolute Gasteiger partial charge is 0.433 e. The normalized spacial score (nSPS) is 10.6. The molecule has 0 unspecified atom stereocenters. The fourth-order valence-corrected chi connectivity index (χ4v) is 1.91. The number of nitrogens with zero attached hydrogens (tertiary/aromatic N) is 3. The van der Waals surface area contributed by atoms with Crippen LogP contribution in [0.15, 0.2) is 24.3 Å². The van der Waals surface area contributed by atoms with Gasteiger partial charge in [0, 0.05) is 12.1 Å². The van der Waals surface area contributed by atoms with Crippen LogP contribution >= 0.6 is 0 Å². The molecule has 0 saturated heterocycles. The Morgan fingerprint density at radius 1 is 1.45 bits per heavy atom. The first kappa shape index (κ1) is 14.0. The van der Waals surface area contributed by atoms with Crippen molar-refractivity contribution in [3.63, 3.8) is 0 Å². The van der Waals surface area contributed by atoms with E-state index < -0.39 is 4.92 Å². The number of rotatable bonds is 5. The smallest absolute Gasteiger partial charge is 0.353 e. The minimum absolute atomic E-state index is 0.0795. The molecule has 7 nitrogen and oxygen atoms in total. The molecule has 1 N–H and O–H groups in total. The third-order valence-corrected chi connectivity index (χ3v) is 2.88. The Morgan fingerprint density at radius 2 is 2.15 bits per heavy atom.